The van der Waals surface area contributed by atoms with Crippen LogP contribution < -0.4 is 22.6 Å². The number of rotatable bonds is 11. The number of aliphatic hydroxyl groups is 1. The van der Waals surface area contributed by atoms with E-state index < -0.39 is 47.4 Å². The molecule has 41 heavy (non-hydrogen) atoms. The van der Waals surface area contributed by atoms with E-state index in [1.807, 2.05) is 75.4 Å². The maximum absolute atomic E-state index is 13.8. The zero-order chi connectivity index (χ0) is 30.3. The number of β-amino-alcohol motifs (C(OH)–C–C–N with tert-alkyl or cyclic N) is 1. The Morgan fingerprint density at radius 2 is 1.71 bits per heavy atom. The molecule has 222 valence electrons. The summed E-state index contributed by atoms with van der Waals surface area (Å²) in [5.74, 6) is 4.52. The number of ether oxygens (including phenoxy) is 1. The minimum absolute atomic E-state index is 0.0118. The number of amides is 3. The quantitative estimate of drug-likeness (QED) is 0.196. The maximum atomic E-state index is 13.8. The zero-order valence-corrected chi connectivity index (χ0v) is 24.1. The first-order valence-corrected chi connectivity index (χ1v) is 13.5. The van der Waals surface area contributed by atoms with E-state index in [0.29, 0.717) is 5.70 Å². The Morgan fingerprint density at radius 3 is 2.27 bits per heavy atom. The Kier molecular flexibility index (Phi) is 10.5. The number of nitrogens with one attached hydrogen (secondary N) is 1. The molecule has 11 heteroatoms. The van der Waals surface area contributed by atoms with Crippen LogP contribution in [-0.4, -0.2) is 77.2 Å². The molecule has 0 aliphatic carbocycles. The molecule has 1 heterocycles. The van der Waals surface area contributed by atoms with E-state index in [0.717, 1.165) is 16.7 Å². The number of methoxy groups -OCH3 is 1. The summed E-state index contributed by atoms with van der Waals surface area (Å²) in [5, 5.41) is 14.4. The van der Waals surface area contributed by atoms with Gasteiger partial charge in [-0.25, -0.2) is 5.84 Å². The molecule has 1 fully saturated rings. The van der Waals surface area contributed by atoms with Gasteiger partial charge >= 0.3 is 0 Å². The summed E-state index contributed by atoms with van der Waals surface area (Å²) < 4.78 is 5.02. The van der Waals surface area contributed by atoms with Crippen LogP contribution in [0.3, 0.4) is 0 Å². The molecule has 8 N–H and O–H groups in total. The molecule has 2 aromatic rings. The van der Waals surface area contributed by atoms with Gasteiger partial charge in [-0.1, -0.05) is 75.4 Å². The number of benzene rings is 2. The maximum Gasteiger partial charge on any atom is 0.248 e. The molecule has 0 spiro atoms. The SMILES string of the molecule is COC/C(N)=C/N(N)C(C(=O)N1C[C@H](O)C[C@H]1C(=O)N[C@H](Cc1ccc(-c2ccccc2)cc1)C(N)=O)C(C)(C)C. The van der Waals surface area contributed by atoms with Crippen molar-refractivity contribution in [3.05, 3.63) is 72.1 Å². The average Bonchev–Trinajstić information content (AvgIpc) is 3.30. The Balaban J connectivity index is 1.77. The first kappa shape index (κ1) is 31.6. The highest BCUT2D eigenvalue weighted by Gasteiger charge is 2.45. The van der Waals surface area contributed by atoms with Crippen molar-refractivity contribution in [2.45, 2.75) is 57.8 Å². The monoisotopic (exact) mass is 566 g/mol. The van der Waals surface area contributed by atoms with Gasteiger partial charge in [0.2, 0.25) is 17.7 Å². The lowest BCUT2D eigenvalue weighted by Crippen LogP contribution is -2.59. The van der Waals surface area contributed by atoms with Crippen LogP contribution >= 0.6 is 0 Å². The van der Waals surface area contributed by atoms with E-state index in [9.17, 15) is 19.5 Å². The van der Waals surface area contributed by atoms with Gasteiger partial charge in [0.25, 0.3) is 0 Å². The first-order valence-electron chi connectivity index (χ1n) is 13.5. The van der Waals surface area contributed by atoms with Gasteiger partial charge in [-0.15, -0.1) is 0 Å². The second-order valence-electron chi connectivity index (χ2n) is 11.5. The smallest absolute Gasteiger partial charge is 0.248 e. The lowest BCUT2D eigenvalue weighted by molar-refractivity contribution is -0.145. The summed E-state index contributed by atoms with van der Waals surface area (Å²) in [6, 6.07) is 14.6. The van der Waals surface area contributed by atoms with Crippen molar-refractivity contribution in [3.63, 3.8) is 0 Å². The van der Waals surface area contributed by atoms with Gasteiger partial charge in [0.15, 0.2) is 0 Å². The minimum Gasteiger partial charge on any atom is -0.399 e. The molecule has 3 rings (SSSR count). The third kappa shape index (κ3) is 8.29. The minimum atomic E-state index is -1.02. The fraction of sp³-hybridized carbons (Fsp3) is 0.433. The van der Waals surface area contributed by atoms with Gasteiger partial charge in [0.1, 0.15) is 18.1 Å². The number of hydrogen-bond donors (Lipinski definition) is 5. The Morgan fingerprint density at radius 1 is 1.10 bits per heavy atom. The fourth-order valence-electron chi connectivity index (χ4n) is 5.07. The van der Waals surface area contributed by atoms with Gasteiger partial charge in [-0.2, -0.15) is 0 Å². The third-order valence-corrected chi connectivity index (χ3v) is 7.00. The number of nitrogens with zero attached hydrogens (tertiary/aromatic N) is 2. The van der Waals surface area contributed by atoms with E-state index in [4.69, 9.17) is 22.0 Å². The summed E-state index contributed by atoms with van der Waals surface area (Å²) in [6.07, 6.45) is 0.681. The van der Waals surface area contributed by atoms with Crippen LogP contribution in [0.15, 0.2) is 66.5 Å². The van der Waals surface area contributed by atoms with Gasteiger partial charge in [0, 0.05) is 32.7 Å². The second-order valence-corrected chi connectivity index (χ2v) is 11.5. The molecule has 3 amide bonds. The van der Waals surface area contributed by atoms with Crippen molar-refractivity contribution in [2.24, 2.45) is 22.7 Å². The van der Waals surface area contributed by atoms with E-state index in [1.54, 1.807) is 0 Å². The Labute approximate surface area is 241 Å². The highest BCUT2D eigenvalue weighted by atomic mass is 16.5. The fourth-order valence-corrected chi connectivity index (χ4v) is 5.07. The lowest BCUT2D eigenvalue weighted by Gasteiger charge is -2.39. The topological polar surface area (TPSA) is 177 Å². The molecule has 4 atom stereocenters. The van der Waals surface area contributed by atoms with E-state index in [2.05, 4.69) is 5.32 Å². The van der Waals surface area contributed by atoms with E-state index >= 15 is 0 Å². The van der Waals surface area contributed by atoms with Crippen LogP contribution in [0.1, 0.15) is 32.8 Å². The summed E-state index contributed by atoms with van der Waals surface area (Å²) in [7, 11) is 1.49. The molecule has 1 unspecified atom stereocenters. The van der Waals surface area contributed by atoms with Crippen molar-refractivity contribution < 1.29 is 24.2 Å². The number of likely N-dealkylation sites (tertiary alicyclic amines) is 1. The van der Waals surface area contributed by atoms with E-state index in [-0.39, 0.29) is 26.0 Å². The lowest BCUT2D eigenvalue weighted by atomic mass is 9.85. The van der Waals surface area contributed by atoms with Crippen LogP contribution in [0.25, 0.3) is 11.1 Å². The van der Waals surface area contributed by atoms with Crippen molar-refractivity contribution in [3.8, 4) is 11.1 Å². The summed E-state index contributed by atoms with van der Waals surface area (Å²) in [5.41, 5.74) is 14.1. The number of hydrazine groups is 1. The standard InChI is InChI=1S/C30H42N6O5/c1-30(2,3)26(36(33)16-22(31)18-41-4)29(40)35-17-23(37)15-25(35)28(39)34-24(27(32)38)14-19-10-12-21(13-11-19)20-8-6-5-7-9-20/h5-13,16,23-26,37H,14-15,17-18,31,33H2,1-4H3,(H2,32,38)(H,34,39)/b22-16-/t23-,24-,25+,26?/m1/s1. The number of primary amides is 1. The number of carbonyl (C=O) groups excluding carboxylic acids is 3. The van der Waals surface area contributed by atoms with E-state index in [1.165, 1.54) is 23.2 Å². The Hall–Kier alpha value is -3.93. The van der Waals surface area contributed by atoms with Gasteiger partial charge in [0.05, 0.1) is 18.4 Å². The molecule has 0 aromatic heterocycles. The summed E-state index contributed by atoms with van der Waals surface area (Å²) in [4.78, 5) is 40.9. The zero-order valence-electron chi connectivity index (χ0n) is 24.1. The largest absolute Gasteiger partial charge is 0.399 e. The van der Waals surface area contributed by atoms with Crippen molar-refractivity contribution >= 4 is 17.7 Å². The molecule has 1 saturated heterocycles. The van der Waals surface area contributed by atoms with Crippen molar-refractivity contribution in [1.29, 1.82) is 0 Å². The van der Waals surface area contributed by atoms with Crippen LogP contribution in [0.2, 0.25) is 0 Å². The number of carbonyl (C=O) groups is 3. The number of nitrogens with two attached hydrogens (primary N) is 3. The average molecular weight is 567 g/mol. The number of aliphatic hydroxyl groups excluding tert-OH is 1. The first-order chi connectivity index (χ1) is 19.3. The predicted octanol–water partition coefficient (Wildman–Crippen LogP) is 0.865. The Bertz CT molecular complexity index is 1230. The van der Waals surface area contributed by atoms with Crippen LogP contribution in [0, 0.1) is 5.41 Å². The van der Waals surface area contributed by atoms with Gasteiger partial charge < -0.3 is 36.5 Å². The molecular formula is C30H42N6O5. The molecule has 1 aliphatic rings. The molecular weight excluding hydrogens is 524 g/mol. The highest BCUT2D eigenvalue weighted by molar-refractivity contribution is 5.93. The molecule has 2 aromatic carbocycles. The normalized spacial score (nSPS) is 19.0. The van der Waals surface area contributed by atoms with Gasteiger partial charge in [-0.3, -0.25) is 14.4 Å². The molecule has 0 radical (unpaired) electrons. The third-order valence-electron chi connectivity index (χ3n) is 7.00. The predicted molar refractivity (Wildman–Crippen MR) is 156 cm³/mol. The van der Waals surface area contributed by atoms with Crippen molar-refractivity contribution in [1.82, 2.24) is 15.2 Å². The van der Waals surface area contributed by atoms with Crippen molar-refractivity contribution in [2.75, 3.05) is 20.3 Å². The molecule has 1 aliphatic heterocycles. The van der Waals surface area contributed by atoms with Crippen LogP contribution in [0.4, 0.5) is 0 Å². The van der Waals surface area contributed by atoms with Gasteiger partial charge in [-0.05, 0) is 22.1 Å². The second kappa shape index (κ2) is 13.6. The highest BCUT2D eigenvalue weighted by Crippen LogP contribution is 2.29. The summed E-state index contributed by atoms with van der Waals surface area (Å²) >= 11 is 0. The molecule has 0 saturated carbocycles. The van der Waals surface area contributed by atoms with Crippen LogP contribution in [-0.2, 0) is 25.5 Å². The number of hydrogen-bond acceptors (Lipinski definition) is 8. The van der Waals surface area contributed by atoms with Crippen LogP contribution in [0.5, 0.6) is 0 Å². The molecule has 11 nitrogen and oxygen atoms in total. The summed E-state index contributed by atoms with van der Waals surface area (Å²) in [6.45, 7) is 5.57. The molecule has 0 bridgehead atoms.